The van der Waals surface area contributed by atoms with Crippen LogP contribution in [0.25, 0.3) is 0 Å². The third-order valence-corrected chi connectivity index (χ3v) is 4.22. The van der Waals surface area contributed by atoms with Gasteiger partial charge in [0.25, 0.3) is 0 Å². The molecule has 0 amide bonds. The summed E-state index contributed by atoms with van der Waals surface area (Å²) in [4.78, 5) is 0. The number of hydrogen-bond acceptors (Lipinski definition) is 1. The van der Waals surface area contributed by atoms with Gasteiger partial charge in [-0.1, -0.05) is 45.7 Å². The van der Waals surface area contributed by atoms with Gasteiger partial charge in [-0.2, -0.15) is 0 Å². The number of hydrogen-bond donors (Lipinski definition) is 1. The zero-order valence-corrected chi connectivity index (χ0v) is 13.4. The first-order valence-corrected chi connectivity index (χ1v) is 7.41. The first-order chi connectivity index (χ1) is 8.97. The van der Waals surface area contributed by atoms with Crippen molar-refractivity contribution in [3.63, 3.8) is 0 Å². The summed E-state index contributed by atoms with van der Waals surface area (Å²) in [6, 6.07) is 12.2. The Labute approximate surface area is 127 Å². The van der Waals surface area contributed by atoms with E-state index in [9.17, 15) is 0 Å². The van der Waals surface area contributed by atoms with E-state index in [0.29, 0.717) is 0 Å². The molecule has 19 heavy (non-hydrogen) atoms. The summed E-state index contributed by atoms with van der Waals surface area (Å²) in [5.41, 5.74) is 11.1. The second-order valence-electron chi connectivity index (χ2n) is 4.90. The molecule has 0 aliphatic carbocycles. The van der Waals surface area contributed by atoms with Gasteiger partial charge in [-0.3, -0.25) is 0 Å². The Bertz CT molecular complexity index is 595. The summed E-state index contributed by atoms with van der Waals surface area (Å²) < 4.78 is 1.00. The monoisotopic (exact) mass is 337 g/mol. The van der Waals surface area contributed by atoms with Crippen molar-refractivity contribution < 1.29 is 0 Å². The molecule has 1 atom stereocenters. The maximum Gasteiger partial charge on any atom is 0.0454 e. The van der Waals surface area contributed by atoms with Crippen molar-refractivity contribution in [3.8, 4) is 0 Å². The van der Waals surface area contributed by atoms with Crippen LogP contribution in [0, 0.1) is 13.8 Å². The van der Waals surface area contributed by atoms with Crippen LogP contribution in [0.2, 0.25) is 5.02 Å². The van der Waals surface area contributed by atoms with Gasteiger partial charge in [0.2, 0.25) is 0 Å². The minimum absolute atomic E-state index is 0.0906. The van der Waals surface area contributed by atoms with Gasteiger partial charge in [0.05, 0.1) is 0 Å². The highest BCUT2D eigenvalue weighted by Crippen LogP contribution is 2.27. The third-order valence-electron chi connectivity index (χ3n) is 3.38. The second kappa shape index (κ2) is 6.08. The van der Waals surface area contributed by atoms with Gasteiger partial charge in [-0.25, -0.2) is 0 Å². The van der Waals surface area contributed by atoms with Crippen LogP contribution in [-0.2, 0) is 6.42 Å². The minimum atomic E-state index is -0.0906. The van der Waals surface area contributed by atoms with Gasteiger partial charge in [0.15, 0.2) is 0 Å². The van der Waals surface area contributed by atoms with Gasteiger partial charge in [0, 0.05) is 15.5 Å². The lowest BCUT2D eigenvalue weighted by Crippen LogP contribution is -2.14. The van der Waals surface area contributed by atoms with E-state index in [-0.39, 0.29) is 6.04 Å². The molecule has 0 saturated carbocycles. The molecule has 2 rings (SSSR count). The molecule has 2 aromatic rings. The van der Waals surface area contributed by atoms with E-state index in [1.807, 2.05) is 18.2 Å². The van der Waals surface area contributed by atoms with Crippen LogP contribution in [0.15, 0.2) is 40.9 Å². The normalized spacial score (nSPS) is 12.5. The lowest BCUT2D eigenvalue weighted by molar-refractivity contribution is 0.721. The number of benzene rings is 2. The average molecular weight is 339 g/mol. The molecule has 0 aliphatic rings. The van der Waals surface area contributed by atoms with Crippen LogP contribution in [0.3, 0.4) is 0 Å². The zero-order chi connectivity index (χ0) is 14.0. The van der Waals surface area contributed by atoms with Gasteiger partial charge in [-0.15, -0.1) is 0 Å². The van der Waals surface area contributed by atoms with E-state index in [1.165, 1.54) is 16.7 Å². The van der Waals surface area contributed by atoms with Crippen LogP contribution >= 0.6 is 27.5 Å². The van der Waals surface area contributed by atoms with Crippen LogP contribution in [0.1, 0.15) is 28.3 Å². The lowest BCUT2D eigenvalue weighted by Gasteiger charge is -2.15. The first-order valence-electron chi connectivity index (χ1n) is 6.24. The molecular weight excluding hydrogens is 322 g/mol. The first kappa shape index (κ1) is 14.6. The molecule has 2 aromatic carbocycles. The van der Waals surface area contributed by atoms with E-state index in [4.69, 9.17) is 17.3 Å². The van der Waals surface area contributed by atoms with Gasteiger partial charge in [-0.05, 0) is 60.7 Å². The second-order valence-corrected chi connectivity index (χ2v) is 6.22. The third kappa shape index (κ3) is 3.59. The van der Waals surface area contributed by atoms with Gasteiger partial charge in [0.1, 0.15) is 0 Å². The maximum absolute atomic E-state index is 6.28. The van der Waals surface area contributed by atoms with E-state index >= 15 is 0 Å². The lowest BCUT2D eigenvalue weighted by atomic mass is 9.97. The van der Waals surface area contributed by atoms with Crippen LogP contribution in [0.4, 0.5) is 0 Å². The fourth-order valence-corrected chi connectivity index (χ4v) is 2.73. The Hall–Kier alpha value is -0.830. The summed E-state index contributed by atoms with van der Waals surface area (Å²) >= 11 is 9.67. The van der Waals surface area contributed by atoms with Crippen molar-refractivity contribution in [1.82, 2.24) is 0 Å². The maximum atomic E-state index is 6.28. The Morgan fingerprint density at radius 2 is 1.84 bits per heavy atom. The zero-order valence-electron chi connectivity index (χ0n) is 11.1. The molecule has 0 radical (unpaired) electrons. The van der Waals surface area contributed by atoms with E-state index in [0.717, 1.165) is 21.5 Å². The number of rotatable bonds is 3. The predicted octanol–water partition coefficient (Wildman–Crippen LogP) is 4.96. The fourth-order valence-electron chi connectivity index (χ4n) is 2.09. The molecule has 0 bridgehead atoms. The highest BCUT2D eigenvalue weighted by molar-refractivity contribution is 9.10. The van der Waals surface area contributed by atoms with Crippen molar-refractivity contribution in [2.75, 3.05) is 0 Å². The van der Waals surface area contributed by atoms with Crippen molar-refractivity contribution in [1.29, 1.82) is 0 Å². The SMILES string of the molecule is Cc1ccc(CC(N)c2cc(Br)ccc2Cl)cc1C. The Morgan fingerprint density at radius 1 is 1.11 bits per heavy atom. The average Bonchev–Trinajstić information content (AvgIpc) is 2.36. The molecule has 100 valence electrons. The Balaban J connectivity index is 2.22. The van der Waals surface area contributed by atoms with E-state index < -0.39 is 0 Å². The van der Waals surface area contributed by atoms with Crippen LogP contribution in [0.5, 0.6) is 0 Å². The van der Waals surface area contributed by atoms with Crippen molar-refractivity contribution >= 4 is 27.5 Å². The van der Waals surface area contributed by atoms with E-state index in [1.54, 1.807) is 0 Å². The predicted molar refractivity (Wildman–Crippen MR) is 85.7 cm³/mol. The summed E-state index contributed by atoms with van der Waals surface area (Å²) in [5, 5.41) is 0.722. The van der Waals surface area contributed by atoms with Crippen molar-refractivity contribution in [3.05, 3.63) is 68.1 Å². The molecule has 0 aliphatic heterocycles. The summed E-state index contributed by atoms with van der Waals surface area (Å²) in [5.74, 6) is 0. The van der Waals surface area contributed by atoms with Crippen LogP contribution < -0.4 is 5.73 Å². The molecule has 0 spiro atoms. The Kier molecular flexibility index (Phi) is 4.67. The highest BCUT2D eigenvalue weighted by atomic mass is 79.9. The molecule has 0 saturated heterocycles. The summed E-state index contributed by atoms with van der Waals surface area (Å²) in [6.07, 6.45) is 0.789. The molecule has 0 aromatic heterocycles. The minimum Gasteiger partial charge on any atom is -0.324 e. The number of halogens is 2. The molecule has 3 heteroatoms. The molecule has 1 nitrogen and oxygen atoms in total. The topological polar surface area (TPSA) is 26.0 Å². The smallest absolute Gasteiger partial charge is 0.0454 e. The molecule has 2 N–H and O–H groups in total. The molecule has 0 heterocycles. The largest absolute Gasteiger partial charge is 0.324 e. The summed E-state index contributed by atoms with van der Waals surface area (Å²) in [6.45, 7) is 4.24. The summed E-state index contributed by atoms with van der Waals surface area (Å²) in [7, 11) is 0. The fraction of sp³-hybridized carbons (Fsp3) is 0.250. The highest BCUT2D eigenvalue weighted by Gasteiger charge is 2.12. The van der Waals surface area contributed by atoms with Crippen LogP contribution in [-0.4, -0.2) is 0 Å². The molecule has 0 fully saturated rings. The van der Waals surface area contributed by atoms with Crippen molar-refractivity contribution in [2.24, 2.45) is 5.73 Å². The van der Waals surface area contributed by atoms with E-state index in [2.05, 4.69) is 48.0 Å². The quantitative estimate of drug-likeness (QED) is 0.841. The molecular formula is C16H17BrClN. The van der Waals surface area contributed by atoms with Gasteiger partial charge >= 0.3 is 0 Å². The number of nitrogens with two attached hydrogens (primary N) is 1. The van der Waals surface area contributed by atoms with Gasteiger partial charge < -0.3 is 5.73 Å². The number of aryl methyl sites for hydroxylation is 2. The van der Waals surface area contributed by atoms with Crippen molar-refractivity contribution in [2.45, 2.75) is 26.3 Å². The Morgan fingerprint density at radius 3 is 2.53 bits per heavy atom. The standard InChI is InChI=1S/C16H17BrClN/c1-10-3-4-12(7-11(10)2)8-16(19)14-9-13(17)5-6-15(14)18/h3-7,9,16H,8,19H2,1-2H3. The molecule has 1 unspecified atom stereocenters.